The molecule has 5 aliphatic heterocycles. The number of phenols is 1. The Labute approximate surface area is 339 Å². The molecule has 4 aromatic carbocycles. The number of carbonyl (C=O) groups excluding carboxylic acids is 3. The molecule has 11 nitrogen and oxygen atoms in total. The number of imide groups is 1. The van der Waals surface area contributed by atoms with Crippen LogP contribution in [0.1, 0.15) is 82.1 Å². The lowest BCUT2D eigenvalue weighted by Gasteiger charge is -2.47. The molecule has 0 radical (unpaired) electrons. The van der Waals surface area contributed by atoms with E-state index in [4.69, 9.17) is 9.47 Å². The second kappa shape index (κ2) is 15.0. The standard InChI is InChI=1S/C47H51N5O6/c1-57-42-23-33(8-11-38(42)45-36(30-5-3-2-4-6-30)10-7-31-21-35(53)9-12-37(31)45)50-17-15-29(16-18-50)25-49-19-20-51-34(27-49)28-58-43-24-39-32(22-41(43)51)26-52(47(39)56)40-13-14-44(54)48-46(40)55/h2-6,8-9,11-12,21-24,29,34,36,40,45,53H,7,10,13-20,25-28H2,1H3,(H,48,54,55)/t34-,36+,40?,45-/m0/s1. The lowest BCUT2D eigenvalue weighted by molar-refractivity contribution is -0.136. The number of amides is 3. The number of ether oxygens (including phenoxy) is 2. The Morgan fingerprint density at radius 3 is 2.47 bits per heavy atom. The number of methoxy groups -OCH3 is 1. The zero-order chi connectivity index (χ0) is 39.5. The quantitative estimate of drug-likeness (QED) is 0.224. The van der Waals surface area contributed by atoms with E-state index >= 15 is 0 Å². The molecule has 4 atom stereocenters. The molecule has 3 amide bonds. The van der Waals surface area contributed by atoms with E-state index in [1.165, 1.54) is 27.9 Å². The minimum absolute atomic E-state index is 0.130. The lowest BCUT2D eigenvalue weighted by atomic mass is 9.69. The number of benzene rings is 4. The lowest BCUT2D eigenvalue weighted by Crippen LogP contribution is -2.58. The largest absolute Gasteiger partial charge is 0.508 e. The third-order valence-electron chi connectivity index (χ3n) is 13.8. The summed E-state index contributed by atoms with van der Waals surface area (Å²) >= 11 is 0. The summed E-state index contributed by atoms with van der Waals surface area (Å²) in [6.07, 6.45) is 4.81. The molecular formula is C47H51N5O6. The number of piperazine rings is 1. The molecule has 5 heterocycles. The Balaban J connectivity index is 0.779. The maximum atomic E-state index is 13.4. The maximum Gasteiger partial charge on any atom is 0.255 e. The first-order valence-electron chi connectivity index (χ1n) is 21.0. The van der Waals surface area contributed by atoms with Crippen molar-refractivity contribution in [3.05, 3.63) is 112 Å². The first-order valence-corrected chi connectivity index (χ1v) is 21.0. The average Bonchev–Trinajstić information content (AvgIpc) is 3.56. The summed E-state index contributed by atoms with van der Waals surface area (Å²) < 4.78 is 12.5. The summed E-state index contributed by atoms with van der Waals surface area (Å²) in [6.45, 7) is 6.83. The van der Waals surface area contributed by atoms with Crippen molar-refractivity contribution in [2.45, 2.75) is 69.0 Å². The number of aryl methyl sites for hydroxylation is 1. The zero-order valence-corrected chi connectivity index (χ0v) is 33.1. The number of rotatable bonds is 7. The van der Waals surface area contributed by atoms with Gasteiger partial charge in [0.05, 0.1) is 18.8 Å². The van der Waals surface area contributed by atoms with Gasteiger partial charge in [0.1, 0.15) is 29.9 Å². The van der Waals surface area contributed by atoms with Gasteiger partial charge in [-0.2, -0.15) is 0 Å². The van der Waals surface area contributed by atoms with Crippen molar-refractivity contribution in [1.82, 2.24) is 15.1 Å². The van der Waals surface area contributed by atoms with Gasteiger partial charge in [-0.15, -0.1) is 0 Å². The first-order chi connectivity index (χ1) is 28.3. The first kappa shape index (κ1) is 36.8. The highest BCUT2D eigenvalue weighted by atomic mass is 16.5. The summed E-state index contributed by atoms with van der Waals surface area (Å²) in [7, 11) is 1.79. The highest BCUT2D eigenvalue weighted by molar-refractivity contribution is 6.06. The fourth-order valence-corrected chi connectivity index (χ4v) is 10.8. The fourth-order valence-electron chi connectivity index (χ4n) is 10.8. The van der Waals surface area contributed by atoms with Crippen LogP contribution in [0.15, 0.2) is 78.9 Å². The van der Waals surface area contributed by atoms with Crippen LogP contribution in [0, 0.1) is 5.92 Å². The van der Waals surface area contributed by atoms with E-state index in [1.807, 2.05) is 18.2 Å². The van der Waals surface area contributed by atoms with E-state index in [-0.39, 0.29) is 30.2 Å². The molecule has 0 spiro atoms. The van der Waals surface area contributed by atoms with Crippen LogP contribution >= 0.6 is 0 Å². The van der Waals surface area contributed by atoms with Crippen molar-refractivity contribution < 1.29 is 29.0 Å². The fraction of sp³-hybridized carbons (Fsp3) is 0.426. The van der Waals surface area contributed by atoms with Crippen molar-refractivity contribution >= 4 is 29.1 Å². The number of nitrogens with one attached hydrogen (secondary N) is 1. The predicted molar refractivity (Wildman–Crippen MR) is 221 cm³/mol. The van der Waals surface area contributed by atoms with E-state index in [0.29, 0.717) is 42.7 Å². The van der Waals surface area contributed by atoms with Gasteiger partial charge in [0, 0.05) is 81.0 Å². The van der Waals surface area contributed by atoms with E-state index in [1.54, 1.807) is 12.0 Å². The van der Waals surface area contributed by atoms with Gasteiger partial charge in [-0.25, -0.2) is 0 Å². The van der Waals surface area contributed by atoms with Gasteiger partial charge in [0.15, 0.2) is 0 Å². The summed E-state index contributed by atoms with van der Waals surface area (Å²) in [5, 5.41) is 12.7. The molecule has 6 aliphatic rings. The van der Waals surface area contributed by atoms with E-state index in [2.05, 4.69) is 80.7 Å². The van der Waals surface area contributed by atoms with Crippen molar-refractivity contribution in [2.75, 3.05) is 62.8 Å². The second-order valence-electron chi connectivity index (χ2n) is 17.1. The number of phenolic OH excluding ortho intramolecular Hbond substituents is 1. The summed E-state index contributed by atoms with van der Waals surface area (Å²) in [6, 6.07) is 27.1. The molecule has 2 N–H and O–H groups in total. The molecule has 3 fully saturated rings. The molecule has 58 heavy (non-hydrogen) atoms. The third-order valence-corrected chi connectivity index (χ3v) is 13.8. The molecule has 300 valence electrons. The van der Waals surface area contributed by atoms with Crippen LogP contribution in [0.2, 0.25) is 0 Å². The molecule has 0 aromatic heterocycles. The smallest absolute Gasteiger partial charge is 0.255 e. The van der Waals surface area contributed by atoms with Crippen LogP contribution in [0.25, 0.3) is 0 Å². The number of piperidine rings is 2. The van der Waals surface area contributed by atoms with E-state index in [9.17, 15) is 19.5 Å². The minimum atomic E-state index is -0.627. The normalized spacial score (nSPS) is 24.7. The van der Waals surface area contributed by atoms with Crippen molar-refractivity contribution in [3.8, 4) is 17.2 Å². The molecule has 4 aromatic rings. The van der Waals surface area contributed by atoms with Crippen molar-refractivity contribution in [1.29, 1.82) is 0 Å². The van der Waals surface area contributed by atoms with Crippen LogP contribution in [0.3, 0.4) is 0 Å². The van der Waals surface area contributed by atoms with Crippen LogP contribution in [0.5, 0.6) is 17.2 Å². The van der Waals surface area contributed by atoms with Crippen molar-refractivity contribution in [2.24, 2.45) is 5.92 Å². The minimum Gasteiger partial charge on any atom is -0.508 e. The Morgan fingerprint density at radius 2 is 1.66 bits per heavy atom. The van der Waals surface area contributed by atoms with Gasteiger partial charge in [-0.1, -0.05) is 42.5 Å². The molecule has 0 saturated carbocycles. The average molecular weight is 782 g/mol. The SMILES string of the molecule is COc1cc(N2CCC(CN3CCN4c5cc6c(cc5OC[C@@H]4C3)C(=O)N(C3CCC(=O)NC3=O)C6)CC2)ccc1[C@@H]1c2ccc(O)cc2CC[C@@H]1c1ccccc1. The Morgan fingerprint density at radius 1 is 0.828 bits per heavy atom. The Bertz CT molecular complexity index is 2260. The number of anilines is 2. The molecule has 1 unspecified atom stereocenters. The van der Waals surface area contributed by atoms with Crippen LogP contribution in [0.4, 0.5) is 11.4 Å². The Hall–Kier alpha value is -5.55. The highest BCUT2D eigenvalue weighted by Crippen LogP contribution is 2.50. The number of carbonyl (C=O) groups is 3. The van der Waals surface area contributed by atoms with Gasteiger partial charge < -0.3 is 29.3 Å². The monoisotopic (exact) mass is 781 g/mol. The molecule has 11 heteroatoms. The van der Waals surface area contributed by atoms with Gasteiger partial charge in [-0.05, 0) is 96.5 Å². The number of hydrogen-bond acceptors (Lipinski definition) is 9. The molecule has 0 bridgehead atoms. The van der Waals surface area contributed by atoms with Gasteiger partial charge >= 0.3 is 0 Å². The van der Waals surface area contributed by atoms with Crippen molar-refractivity contribution in [3.63, 3.8) is 0 Å². The highest BCUT2D eigenvalue weighted by Gasteiger charge is 2.42. The van der Waals surface area contributed by atoms with E-state index < -0.39 is 11.9 Å². The topological polar surface area (TPSA) is 115 Å². The van der Waals surface area contributed by atoms with Crippen LogP contribution in [-0.2, 0) is 22.6 Å². The van der Waals surface area contributed by atoms with Gasteiger partial charge in [0.25, 0.3) is 5.91 Å². The van der Waals surface area contributed by atoms with Gasteiger partial charge in [0.2, 0.25) is 11.8 Å². The molecule has 1 aliphatic carbocycles. The molecule has 3 saturated heterocycles. The number of aromatic hydroxyl groups is 1. The predicted octanol–water partition coefficient (Wildman–Crippen LogP) is 5.82. The molecule has 10 rings (SSSR count). The third kappa shape index (κ3) is 6.63. The second-order valence-corrected chi connectivity index (χ2v) is 17.1. The summed E-state index contributed by atoms with van der Waals surface area (Å²) in [5.74, 6) is 2.20. The van der Waals surface area contributed by atoms with E-state index in [0.717, 1.165) is 87.7 Å². The molecular weight excluding hydrogens is 731 g/mol. The Kier molecular flexibility index (Phi) is 9.51. The van der Waals surface area contributed by atoms with Crippen LogP contribution < -0.4 is 24.6 Å². The van der Waals surface area contributed by atoms with Crippen LogP contribution in [-0.4, -0.2) is 97.7 Å². The number of fused-ring (bicyclic) bond motifs is 5. The number of hydrogen-bond donors (Lipinski definition) is 2. The summed E-state index contributed by atoms with van der Waals surface area (Å²) in [4.78, 5) is 46.9. The summed E-state index contributed by atoms with van der Waals surface area (Å²) in [5.41, 5.74) is 8.76. The number of nitrogens with zero attached hydrogens (tertiary/aromatic N) is 4. The zero-order valence-electron chi connectivity index (χ0n) is 33.1. The van der Waals surface area contributed by atoms with Gasteiger partial charge in [-0.3, -0.25) is 24.6 Å². The maximum absolute atomic E-state index is 13.4.